The lowest BCUT2D eigenvalue weighted by Gasteiger charge is -2.41. The molecule has 3 aromatic rings. The number of hydrogen-bond donors (Lipinski definition) is 0. The molecule has 1 aliphatic rings. The number of fused-ring (bicyclic) bond motifs is 1. The van der Waals surface area contributed by atoms with E-state index in [1.165, 1.54) is 89.8 Å². The summed E-state index contributed by atoms with van der Waals surface area (Å²) in [5.74, 6) is -4.40. The third kappa shape index (κ3) is 9.90. The second kappa shape index (κ2) is 16.0. The van der Waals surface area contributed by atoms with E-state index < -0.39 is 53.9 Å². The maximum atomic E-state index is 13.5. The number of esters is 6. The average molecular weight is 706 g/mol. The molecule has 1 amide bonds. The number of hydrogen-bond acceptors (Lipinski definition) is 14. The van der Waals surface area contributed by atoms with Gasteiger partial charge in [-0.1, -0.05) is 12.1 Å². The van der Waals surface area contributed by atoms with E-state index in [-0.39, 0.29) is 53.2 Å². The summed E-state index contributed by atoms with van der Waals surface area (Å²) in [6.07, 6.45) is -0.993. The highest BCUT2D eigenvalue weighted by Crippen LogP contribution is 2.46. The van der Waals surface area contributed by atoms with Crippen LogP contribution in [0.5, 0.6) is 40.2 Å². The molecule has 51 heavy (non-hydrogen) atoms. The molecule has 0 aliphatic carbocycles. The summed E-state index contributed by atoms with van der Waals surface area (Å²) in [6, 6.07) is 10.8. The van der Waals surface area contributed by atoms with Gasteiger partial charge in [0.1, 0.15) is 23.4 Å². The van der Waals surface area contributed by atoms with Crippen LogP contribution in [-0.2, 0) is 46.5 Å². The van der Waals surface area contributed by atoms with Crippen LogP contribution in [0.3, 0.4) is 0 Å². The van der Waals surface area contributed by atoms with Crippen LogP contribution < -0.4 is 33.2 Å². The highest BCUT2D eigenvalue weighted by atomic mass is 16.6. The zero-order valence-electron chi connectivity index (χ0n) is 28.9. The first-order valence-corrected chi connectivity index (χ1v) is 15.5. The maximum absolute atomic E-state index is 13.5. The summed E-state index contributed by atoms with van der Waals surface area (Å²) in [5, 5.41) is 0. The van der Waals surface area contributed by atoms with Crippen molar-refractivity contribution < 1.29 is 66.7 Å². The van der Waals surface area contributed by atoms with Gasteiger partial charge in [-0.15, -0.1) is 0 Å². The fourth-order valence-corrected chi connectivity index (χ4v) is 5.43. The van der Waals surface area contributed by atoms with Crippen LogP contribution in [0.25, 0.3) is 0 Å². The van der Waals surface area contributed by atoms with Gasteiger partial charge >= 0.3 is 35.8 Å². The van der Waals surface area contributed by atoms with Gasteiger partial charge in [0.2, 0.25) is 5.91 Å². The second-order valence-corrected chi connectivity index (χ2v) is 11.4. The van der Waals surface area contributed by atoms with Crippen molar-refractivity contribution in [2.45, 2.75) is 73.6 Å². The van der Waals surface area contributed by atoms with Crippen molar-refractivity contribution in [2.75, 3.05) is 0 Å². The molecule has 0 bridgehead atoms. The number of benzene rings is 3. The Labute approximate surface area is 292 Å². The molecule has 1 aliphatic heterocycles. The predicted molar refractivity (Wildman–Crippen MR) is 174 cm³/mol. The van der Waals surface area contributed by atoms with E-state index in [0.717, 1.165) is 0 Å². The van der Waals surface area contributed by atoms with Crippen molar-refractivity contribution >= 4 is 41.7 Å². The molecule has 3 aromatic carbocycles. The summed E-state index contributed by atoms with van der Waals surface area (Å²) in [4.78, 5) is 86.2. The molecule has 268 valence electrons. The summed E-state index contributed by atoms with van der Waals surface area (Å²) < 4.78 is 38.3. The van der Waals surface area contributed by atoms with Crippen molar-refractivity contribution in [3.8, 4) is 40.2 Å². The van der Waals surface area contributed by atoms with Crippen LogP contribution in [0.2, 0.25) is 0 Å². The topological polar surface area (TPSA) is 187 Å². The van der Waals surface area contributed by atoms with Gasteiger partial charge in [-0.05, 0) is 35.4 Å². The van der Waals surface area contributed by atoms with E-state index in [0.29, 0.717) is 16.7 Å². The standard InChI is InChI=1S/C36H35NO14/c1-18(38)37(17-25-8-10-30(46-20(3)40)34(12-25)49-23(6)43)29-16-28-32(48-22(5)42)14-27(45-19(2)39)15-33(28)51-36(29)26-9-11-31(47-21(4)41)35(13-26)50-24(7)44/h8-15,29,36H,16-17H2,1-7H3/t29-,36-/m1/s1. The van der Waals surface area contributed by atoms with Gasteiger partial charge in [-0.25, -0.2) is 0 Å². The monoisotopic (exact) mass is 705 g/mol. The van der Waals surface area contributed by atoms with Gasteiger partial charge < -0.3 is 38.1 Å². The molecular formula is C36H35NO14. The van der Waals surface area contributed by atoms with Gasteiger partial charge in [0.05, 0.1) is 6.04 Å². The van der Waals surface area contributed by atoms with E-state index in [2.05, 4.69) is 0 Å². The van der Waals surface area contributed by atoms with Gasteiger partial charge in [0.25, 0.3) is 0 Å². The first-order valence-electron chi connectivity index (χ1n) is 15.5. The molecule has 1 heterocycles. The minimum atomic E-state index is -1.02. The number of carbonyl (C=O) groups excluding carboxylic acids is 7. The molecule has 0 radical (unpaired) electrons. The Bertz CT molecular complexity index is 1920. The Balaban J connectivity index is 1.89. The molecule has 4 rings (SSSR count). The molecule has 0 saturated carbocycles. The first kappa shape index (κ1) is 37.6. The Morgan fingerprint density at radius 1 is 0.588 bits per heavy atom. The Morgan fingerprint density at radius 2 is 1.08 bits per heavy atom. The molecule has 15 nitrogen and oxygen atoms in total. The molecule has 2 atom stereocenters. The number of nitrogens with zero attached hydrogens (tertiary/aromatic N) is 1. The first-order chi connectivity index (χ1) is 24.0. The van der Waals surface area contributed by atoms with E-state index in [1.54, 1.807) is 12.1 Å². The Kier molecular flexibility index (Phi) is 11.8. The SMILES string of the molecule is CC(=O)Oc1cc(OC(C)=O)c2c(c1)O[C@H](c1ccc(OC(C)=O)c(OC(C)=O)c1)[C@H](N(Cc1ccc(OC(C)=O)c(OC(C)=O)c1)C(C)=O)C2. The Hall–Kier alpha value is -6.25. The van der Waals surface area contributed by atoms with E-state index in [9.17, 15) is 33.6 Å². The van der Waals surface area contributed by atoms with Crippen molar-refractivity contribution in [1.82, 2.24) is 4.90 Å². The third-order valence-electron chi connectivity index (χ3n) is 7.15. The van der Waals surface area contributed by atoms with E-state index in [1.807, 2.05) is 0 Å². The van der Waals surface area contributed by atoms with Gasteiger partial charge in [0, 0.05) is 79.1 Å². The second-order valence-electron chi connectivity index (χ2n) is 11.4. The number of amides is 1. The van der Waals surface area contributed by atoms with Crippen LogP contribution in [-0.4, -0.2) is 52.7 Å². The summed E-state index contributed by atoms with van der Waals surface area (Å²) in [6.45, 7) is 8.35. The molecule has 0 fully saturated rings. The summed E-state index contributed by atoms with van der Waals surface area (Å²) in [5.41, 5.74) is 1.22. The number of carbonyl (C=O) groups is 7. The van der Waals surface area contributed by atoms with Crippen LogP contribution in [0.1, 0.15) is 71.3 Å². The largest absolute Gasteiger partial charge is 0.483 e. The Morgan fingerprint density at radius 3 is 1.61 bits per heavy atom. The zero-order valence-corrected chi connectivity index (χ0v) is 28.9. The third-order valence-corrected chi connectivity index (χ3v) is 7.15. The lowest BCUT2D eigenvalue weighted by Crippen LogP contribution is -2.47. The lowest BCUT2D eigenvalue weighted by atomic mass is 9.90. The van der Waals surface area contributed by atoms with Gasteiger partial charge in [-0.2, -0.15) is 0 Å². The average Bonchev–Trinajstić information content (AvgIpc) is 3.00. The van der Waals surface area contributed by atoms with E-state index >= 15 is 0 Å². The predicted octanol–water partition coefficient (Wildman–Crippen LogP) is 4.33. The van der Waals surface area contributed by atoms with Gasteiger partial charge in [-0.3, -0.25) is 33.6 Å². The minimum Gasteiger partial charge on any atom is -0.483 e. The molecule has 0 saturated heterocycles. The fourth-order valence-electron chi connectivity index (χ4n) is 5.43. The van der Waals surface area contributed by atoms with Crippen LogP contribution in [0.15, 0.2) is 48.5 Å². The van der Waals surface area contributed by atoms with E-state index in [4.69, 9.17) is 33.2 Å². The van der Waals surface area contributed by atoms with Crippen LogP contribution in [0.4, 0.5) is 0 Å². The van der Waals surface area contributed by atoms with Crippen molar-refractivity contribution in [3.63, 3.8) is 0 Å². The van der Waals surface area contributed by atoms with Crippen molar-refractivity contribution in [2.24, 2.45) is 0 Å². The molecule has 0 unspecified atom stereocenters. The fraction of sp³-hybridized carbons (Fsp3) is 0.306. The molecule has 0 aromatic heterocycles. The lowest BCUT2D eigenvalue weighted by molar-refractivity contribution is -0.135. The van der Waals surface area contributed by atoms with Crippen molar-refractivity contribution in [1.29, 1.82) is 0 Å². The number of ether oxygens (including phenoxy) is 7. The van der Waals surface area contributed by atoms with Crippen LogP contribution in [0, 0.1) is 0 Å². The molecular weight excluding hydrogens is 670 g/mol. The minimum absolute atomic E-state index is 0.0101. The highest BCUT2D eigenvalue weighted by Gasteiger charge is 2.39. The molecule has 0 N–H and O–H groups in total. The van der Waals surface area contributed by atoms with Gasteiger partial charge in [0.15, 0.2) is 23.0 Å². The molecule has 15 heteroatoms. The number of rotatable bonds is 10. The van der Waals surface area contributed by atoms with Crippen LogP contribution >= 0.6 is 0 Å². The quantitative estimate of drug-likeness (QED) is 0.214. The zero-order chi connectivity index (χ0) is 37.6. The summed E-state index contributed by atoms with van der Waals surface area (Å²) in [7, 11) is 0. The highest BCUT2D eigenvalue weighted by molar-refractivity contribution is 5.77. The molecule has 0 spiro atoms. The van der Waals surface area contributed by atoms with Crippen molar-refractivity contribution in [3.05, 3.63) is 65.2 Å². The smallest absolute Gasteiger partial charge is 0.308 e. The summed E-state index contributed by atoms with van der Waals surface area (Å²) >= 11 is 0. The maximum Gasteiger partial charge on any atom is 0.308 e. The normalized spacial score (nSPS) is 14.5.